The predicted molar refractivity (Wildman–Crippen MR) is 161 cm³/mol. The van der Waals surface area contributed by atoms with Crippen molar-refractivity contribution in [2.24, 2.45) is 0 Å². The van der Waals surface area contributed by atoms with E-state index >= 15 is 0 Å². The largest absolute Gasteiger partial charge is 0.496 e. The summed E-state index contributed by atoms with van der Waals surface area (Å²) in [7, 11) is -4.78. The first-order valence-electron chi connectivity index (χ1n) is 12.9. The predicted octanol–water partition coefficient (Wildman–Crippen LogP) is 4.89. The molecule has 3 aromatic rings. The molecule has 1 aliphatic carbocycles. The molecule has 0 saturated heterocycles. The lowest BCUT2D eigenvalue weighted by molar-refractivity contribution is -0.394. The molecule has 1 N–H and O–H groups in total. The molecule has 0 fully saturated rings. The molecular formula is C29H24N2O11SSi. The Kier molecular flexibility index (Phi) is 7.49. The number of hydrogen-bond acceptors (Lipinski definition) is 10. The van der Waals surface area contributed by atoms with Crippen LogP contribution in [0.15, 0.2) is 82.4 Å². The summed E-state index contributed by atoms with van der Waals surface area (Å²) in [5.41, 5.74) is 1.07. The third-order valence-electron chi connectivity index (χ3n) is 7.48. The second-order valence-electron chi connectivity index (χ2n) is 10.4. The van der Waals surface area contributed by atoms with Crippen LogP contribution in [-0.4, -0.2) is 50.9 Å². The molecule has 0 atom stereocenters. The normalized spacial score (nSPS) is 15.2. The number of carbonyl (C=O) groups excluding carboxylic acids is 1. The fourth-order valence-electron chi connectivity index (χ4n) is 5.40. The number of ketones is 1. The smallest absolute Gasteiger partial charge is 0.318 e. The van der Waals surface area contributed by atoms with Gasteiger partial charge in [0.05, 0.1) is 30.1 Å². The Balaban J connectivity index is 1.76. The van der Waals surface area contributed by atoms with Crippen molar-refractivity contribution in [2.45, 2.75) is 18.0 Å². The average molecular weight is 637 g/mol. The Bertz CT molecular complexity index is 2000. The van der Waals surface area contributed by atoms with E-state index in [-0.39, 0.29) is 28.8 Å². The van der Waals surface area contributed by atoms with Crippen molar-refractivity contribution >= 4 is 46.1 Å². The number of nitro benzene ring substituents is 2. The van der Waals surface area contributed by atoms with E-state index in [1.54, 1.807) is 24.3 Å². The van der Waals surface area contributed by atoms with Gasteiger partial charge in [-0.15, -0.1) is 0 Å². The topological polar surface area (TPSA) is 185 Å². The van der Waals surface area contributed by atoms with Gasteiger partial charge >= 0.3 is 5.69 Å². The molecule has 1 heterocycles. The highest BCUT2D eigenvalue weighted by Gasteiger charge is 2.41. The number of nitro groups is 2. The van der Waals surface area contributed by atoms with Crippen LogP contribution < -0.4 is 19.4 Å². The highest BCUT2D eigenvalue weighted by molar-refractivity contribution is 7.86. The minimum absolute atomic E-state index is 0.136. The maximum Gasteiger partial charge on any atom is 0.318 e. The number of allylic oxidation sites excluding steroid dienone is 5. The molecule has 44 heavy (non-hydrogen) atoms. The molecule has 15 heteroatoms. The van der Waals surface area contributed by atoms with Crippen LogP contribution in [0.25, 0.3) is 5.57 Å². The average Bonchev–Trinajstić information content (AvgIpc) is 2.97. The molecule has 0 spiro atoms. The standard InChI is InChI=1S/C29H24N2O11SSi/c1-40-24-15-25(41-2)26(43(37,38)39)14-21(24)29-19-8-6-17(32)12-27(19)44(3,4)28-13-18(7-9-20(28)29)42-23-10-5-16(30(33)34)11-22(23)31(35)36/h5-15H,1-4H3,(H,37,38,39). The third-order valence-corrected chi connectivity index (χ3v) is 11.9. The summed E-state index contributed by atoms with van der Waals surface area (Å²) in [6.07, 6.45) is 4.59. The van der Waals surface area contributed by atoms with E-state index in [0.29, 0.717) is 22.3 Å². The van der Waals surface area contributed by atoms with Crippen LogP contribution in [-0.2, 0) is 14.9 Å². The van der Waals surface area contributed by atoms with Gasteiger partial charge in [0.15, 0.2) is 5.78 Å². The van der Waals surface area contributed by atoms with Gasteiger partial charge in [0, 0.05) is 17.7 Å². The fourth-order valence-corrected chi connectivity index (χ4v) is 9.13. The zero-order chi connectivity index (χ0) is 32.1. The number of hydrogen-bond donors (Lipinski definition) is 1. The summed E-state index contributed by atoms with van der Waals surface area (Å²) in [6, 6.07) is 10.6. The minimum atomic E-state index is -4.73. The number of non-ortho nitro benzene ring substituents is 1. The van der Waals surface area contributed by atoms with Gasteiger partial charge in [-0.2, -0.15) is 8.42 Å². The van der Waals surface area contributed by atoms with E-state index in [2.05, 4.69) is 0 Å². The van der Waals surface area contributed by atoms with Crippen molar-refractivity contribution in [1.82, 2.24) is 0 Å². The minimum Gasteiger partial charge on any atom is -0.496 e. The third kappa shape index (κ3) is 5.16. The number of nitrogens with zero attached hydrogens (tertiary/aromatic N) is 2. The maximum absolute atomic E-state index is 12.6. The molecule has 2 aliphatic rings. The number of methoxy groups -OCH3 is 2. The van der Waals surface area contributed by atoms with Crippen LogP contribution in [0.1, 0.15) is 11.1 Å². The first kappa shape index (κ1) is 30.3. The van der Waals surface area contributed by atoms with E-state index < -0.39 is 44.3 Å². The van der Waals surface area contributed by atoms with Gasteiger partial charge < -0.3 is 14.2 Å². The van der Waals surface area contributed by atoms with Crippen LogP contribution in [0.4, 0.5) is 11.4 Å². The Labute approximate surface area is 251 Å². The second-order valence-corrected chi connectivity index (χ2v) is 16.1. The van der Waals surface area contributed by atoms with Crippen LogP contribution in [0.3, 0.4) is 0 Å². The monoisotopic (exact) mass is 636 g/mol. The zero-order valence-corrected chi connectivity index (χ0v) is 25.5. The molecule has 226 valence electrons. The summed E-state index contributed by atoms with van der Waals surface area (Å²) < 4.78 is 51.3. The van der Waals surface area contributed by atoms with Crippen molar-refractivity contribution in [2.75, 3.05) is 14.2 Å². The van der Waals surface area contributed by atoms with E-state index in [0.717, 1.165) is 28.6 Å². The van der Waals surface area contributed by atoms with Gasteiger partial charge in [-0.3, -0.25) is 29.6 Å². The summed E-state index contributed by atoms with van der Waals surface area (Å²) in [5, 5.41) is 24.3. The SMILES string of the molecule is COc1cc(OC)c(S(=O)(=O)O)cc1C1=C2C=CC(=O)C=C2[Si](C)(C)c2cc(Oc3ccc([N+](=O)[O-])cc3[N+](=O)[O-])ccc21. The Morgan fingerprint density at radius 3 is 2.16 bits per heavy atom. The number of fused-ring (bicyclic) bond motifs is 2. The van der Waals surface area contributed by atoms with Crippen LogP contribution >= 0.6 is 0 Å². The Hall–Kier alpha value is -5.12. The van der Waals surface area contributed by atoms with Crippen LogP contribution in [0.5, 0.6) is 23.0 Å². The van der Waals surface area contributed by atoms with Crippen molar-refractivity contribution in [1.29, 1.82) is 0 Å². The van der Waals surface area contributed by atoms with E-state index in [9.17, 15) is 38.0 Å². The molecule has 0 saturated carbocycles. The molecule has 0 amide bonds. The van der Waals surface area contributed by atoms with Crippen molar-refractivity contribution in [3.63, 3.8) is 0 Å². The van der Waals surface area contributed by atoms with Crippen LogP contribution in [0, 0.1) is 20.2 Å². The van der Waals surface area contributed by atoms with Crippen molar-refractivity contribution < 1.29 is 41.8 Å². The van der Waals surface area contributed by atoms with E-state index in [4.69, 9.17) is 14.2 Å². The van der Waals surface area contributed by atoms with Gasteiger partial charge in [-0.1, -0.05) is 25.2 Å². The lowest BCUT2D eigenvalue weighted by Crippen LogP contribution is -2.49. The van der Waals surface area contributed by atoms with Crippen LogP contribution in [0.2, 0.25) is 13.1 Å². The molecule has 0 aromatic heterocycles. The molecule has 0 bridgehead atoms. The lowest BCUT2D eigenvalue weighted by Gasteiger charge is -2.38. The molecule has 3 aromatic carbocycles. The Morgan fingerprint density at radius 1 is 0.841 bits per heavy atom. The molecule has 0 unspecified atom stereocenters. The first-order chi connectivity index (χ1) is 20.7. The summed E-state index contributed by atoms with van der Waals surface area (Å²) >= 11 is 0. The van der Waals surface area contributed by atoms with Gasteiger partial charge in [0.1, 0.15) is 30.2 Å². The Morgan fingerprint density at radius 2 is 1.55 bits per heavy atom. The van der Waals surface area contributed by atoms with E-state index in [1.165, 1.54) is 38.5 Å². The second kappa shape index (κ2) is 10.9. The van der Waals surface area contributed by atoms with Crippen molar-refractivity contribution in [3.05, 3.63) is 109 Å². The summed E-state index contributed by atoms with van der Waals surface area (Å²) in [5.74, 6) is -0.153. The number of rotatable bonds is 8. The molecule has 13 nitrogen and oxygen atoms in total. The van der Waals surface area contributed by atoms with Gasteiger partial charge in [-0.25, -0.2) is 0 Å². The maximum atomic E-state index is 12.6. The quantitative estimate of drug-likeness (QED) is 0.153. The molecular weight excluding hydrogens is 612 g/mol. The number of benzene rings is 3. The molecule has 0 radical (unpaired) electrons. The highest BCUT2D eigenvalue weighted by Crippen LogP contribution is 2.46. The first-order valence-corrected chi connectivity index (χ1v) is 17.3. The summed E-state index contributed by atoms with van der Waals surface area (Å²) in [4.78, 5) is 33.4. The zero-order valence-electron chi connectivity index (χ0n) is 23.7. The lowest BCUT2D eigenvalue weighted by atomic mass is 9.89. The van der Waals surface area contributed by atoms with Gasteiger partial charge in [-0.05, 0) is 63.5 Å². The van der Waals surface area contributed by atoms with Gasteiger partial charge in [0.2, 0.25) is 5.75 Å². The molecule has 5 rings (SSSR count). The highest BCUT2D eigenvalue weighted by atomic mass is 32.2. The van der Waals surface area contributed by atoms with Gasteiger partial charge in [0.25, 0.3) is 15.8 Å². The fraction of sp³-hybridized carbons (Fsp3) is 0.138. The molecule has 1 aliphatic heterocycles. The van der Waals surface area contributed by atoms with Crippen molar-refractivity contribution in [3.8, 4) is 23.0 Å². The summed E-state index contributed by atoms with van der Waals surface area (Å²) in [6.45, 7) is 4.02. The number of ether oxygens (including phenoxy) is 3. The van der Waals surface area contributed by atoms with E-state index in [1.807, 2.05) is 13.1 Å². The number of carbonyl (C=O) groups is 1.